The molecule has 0 bridgehead atoms. The molecular weight excluding hydrogens is 892 g/mol. The van der Waals surface area contributed by atoms with Crippen LogP contribution in [0.25, 0.3) is 64.0 Å². The summed E-state index contributed by atoms with van der Waals surface area (Å²) in [6.07, 6.45) is 7.93. The number of amides is 4. The summed E-state index contributed by atoms with van der Waals surface area (Å²) in [4.78, 5) is 63.7. The first-order valence-corrected chi connectivity index (χ1v) is 23.8. The number of carbonyl (C=O) groups is 4. The molecule has 0 radical (unpaired) electrons. The molecule has 0 spiro atoms. The minimum absolute atomic E-state index is 0.222. The van der Waals surface area contributed by atoms with E-state index < -0.39 is 0 Å². The van der Waals surface area contributed by atoms with Gasteiger partial charge in [-0.1, -0.05) is 78.4 Å². The van der Waals surface area contributed by atoms with Crippen LogP contribution in [0.4, 0.5) is 0 Å². The zero-order chi connectivity index (χ0) is 40.6. The number of unbranched alkanes of at least 4 members (excludes halogenated alkanes) is 2. The van der Waals surface area contributed by atoms with Crippen LogP contribution in [0.15, 0.2) is 68.2 Å². The molecule has 58 heavy (non-hydrogen) atoms. The van der Waals surface area contributed by atoms with Gasteiger partial charge < -0.3 is 0 Å². The molecule has 2 unspecified atom stereocenters. The molecule has 7 aromatic rings. The Morgan fingerprint density at radius 2 is 0.879 bits per heavy atom. The Kier molecular flexibility index (Phi) is 10.6. The summed E-state index contributed by atoms with van der Waals surface area (Å²) in [7, 11) is 0. The van der Waals surface area contributed by atoms with Crippen LogP contribution < -0.4 is 0 Å². The quantitative estimate of drug-likeness (QED) is 0.0618. The summed E-state index contributed by atoms with van der Waals surface area (Å²) in [5.41, 5.74) is 3.90. The van der Waals surface area contributed by atoms with Gasteiger partial charge in [0.1, 0.15) is 0 Å². The molecule has 4 amide bonds. The van der Waals surface area contributed by atoms with Gasteiger partial charge in [0.15, 0.2) is 0 Å². The van der Waals surface area contributed by atoms with E-state index in [9.17, 15) is 19.2 Å². The number of fused-ring (bicyclic) bond motifs is 2. The Hall–Kier alpha value is -3.96. The van der Waals surface area contributed by atoms with Crippen LogP contribution in [0.2, 0.25) is 0 Å². The van der Waals surface area contributed by atoms with E-state index in [1.165, 1.54) is 9.80 Å². The van der Waals surface area contributed by atoms with Crippen LogP contribution in [0.1, 0.15) is 120 Å². The van der Waals surface area contributed by atoms with Crippen molar-refractivity contribution in [3.8, 4) is 20.9 Å². The number of rotatable bonds is 14. The van der Waals surface area contributed by atoms with E-state index >= 15 is 0 Å². The molecule has 0 saturated heterocycles. The minimum Gasteiger partial charge on any atom is -0.274 e. The first-order valence-electron chi connectivity index (χ1n) is 20.6. The Morgan fingerprint density at radius 3 is 1.22 bits per heavy atom. The number of nitrogens with zero attached hydrogens (tertiary/aromatic N) is 2. The number of imide groups is 2. The van der Waals surface area contributed by atoms with Gasteiger partial charge in [0.2, 0.25) is 0 Å². The summed E-state index contributed by atoms with van der Waals surface area (Å²) < 4.78 is 1.92. The van der Waals surface area contributed by atoms with E-state index in [1.807, 2.05) is 48.5 Å². The highest BCUT2D eigenvalue weighted by Gasteiger charge is 2.39. The molecule has 0 aliphatic carbocycles. The van der Waals surface area contributed by atoms with Gasteiger partial charge >= 0.3 is 0 Å². The standard InChI is InChI=1S/C48H44Br2N2O4S2/c1-5-9-11-25(7-3)23-51-45(53)29-15-13-27-40-32(36-18-20-38(50)58-36)22-34-42-30(46(54)52(48(34)56)24-26(8-4)12-10-6-2)16-14-28(44(40)42)39-31(35-17-19-37(49)57-35)21-33(47(51)55)41(29)43(27)39/h13-22,25-26H,5-12,23-24H2,1-4H3. The lowest BCUT2D eigenvalue weighted by molar-refractivity contribution is 0.0565. The Labute approximate surface area is 363 Å². The monoisotopic (exact) mass is 934 g/mol. The molecule has 0 N–H and O–H groups in total. The summed E-state index contributed by atoms with van der Waals surface area (Å²) in [5, 5.41) is 6.67. The summed E-state index contributed by atoms with van der Waals surface area (Å²) >= 11 is 10.6. The van der Waals surface area contributed by atoms with Crippen molar-refractivity contribution in [2.24, 2.45) is 11.8 Å². The fourth-order valence-corrected chi connectivity index (χ4v) is 12.4. The fourth-order valence-electron chi connectivity index (χ4n) is 9.56. The van der Waals surface area contributed by atoms with E-state index in [0.717, 1.165) is 112 Å². The molecule has 10 heteroatoms. The lowest BCUT2D eigenvalue weighted by atomic mass is 9.79. The molecule has 9 rings (SSSR count). The third-order valence-corrected chi connectivity index (χ3v) is 16.0. The van der Waals surface area contributed by atoms with Gasteiger partial charge in [0.25, 0.3) is 23.6 Å². The zero-order valence-electron chi connectivity index (χ0n) is 33.1. The molecule has 0 fully saturated rings. The van der Waals surface area contributed by atoms with Crippen molar-refractivity contribution in [3.05, 3.63) is 90.5 Å². The van der Waals surface area contributed by atoms with Gasteiger partial charge in [-0.15, -0.1) is 22.7 Å². The van der Waals surface area contributed by atoms with Crippen molar-refractivity contribution in [2.75, 3.05) is 13.1 Å². The van der Waals surface area contributed by atoms with Crippen molar-refractivity contribution in [1.29, 1.82) is 0 Å². The largest absolute Gasteiger partial charge is 0.274 e. The molecule has 5 aromatic carbocycles. The van der Waals surface area contributed by atoms with Gasteiger partial charge in [0, 0.05) is 67.0 Å². The van der Waals surface area contributed by atoms with Gasteiger partial charge in [0.05, 0.1) is 7.57 Å². The second-order valence-electron chi connectivity index (χ2n) is 16.0. The van der Waals surface area contributed by atoms with E-state index in [1.54, 1.807) is 22.7 Å². The minimum atomic E-state index is -0.257. The number of hydrogen-bond donors (Lipinski definition) is 0. The third kappa shape index (κ3) is 6.19. The summed E-state index contributed by atoms with van der Waals surface area (Å²) in [5.74, 6) is -0.579. The first kappa shape index (κ1) is 39.5. The highest BCUT2D eigenvalue weighted by molar-refractivity contribution is 9.11. The van der Waals surface area contributed by atoms with Crippen LogP contribution in [0.3, 0.4) is 0 Å². The molecule has 2 atom stereocenters. The molecular formula is C48H44Br2N2O4S2. The smallest absolute Gasteiger partial charge is 0.261 e. The average Bonchev–Trinajstić information content (AvgIpc) is 3.88. The van der Waals surface area contributed by atoms with Crippen molar-refractivity contribution in [3.63, 3.8) is 0 Å². The summed E-state index contributed by atoms with van der Waals surface area (Å²) in [6, 6.07) is 20.0. The number of benzene rings is 5. The maximum absolute atomic E-state index is 14.8. The molecule has 6 nitrogen and oxygen atoms in total. The summed E-state index contributed by atoms with van der Waals surface area (Å²) in [6.45, 7) is 9.39. The molecule has 2 aromatic heterocycles. The van der Waals surface area contributed by atoms with E-state index in [-0.39, 0.29) is 35.5 Å². The number of carbonyl (C=O) groups excluding carboxylic acids is 4. The van der Waals surface area contributed by atoms with Crippen LogP contribution in [-0.4, -0.2) is 46.5 Å². The molecule has 4 heterocycles. The van der Waals surface area contributed by atoms with Gasteiger partial charge in [-0.05, 0) is 137 Å². The second-order valence-corrected chi connectivity index (χ2v) is 20.9. The Balaban J connectivity index is 1.38. The third-order valence-electron chi connectivity index (χ3n) is 12.7. The SMILES string of the molecule is CCCCC(CC)CN1C(=O)c2ccc3c4c(-c5ccc(Br)s5)cc5c6c(ccc(c7c(-c8ccc(Br)s8)cc(c2c37)C1=O)c64)C(=O)N(CC(CC)CCCC)C5=O. The number of thiophene rings is 2. The van der Waals surface area contributed by atoms with Crippen LogP contribution >= 0.6 is 54.5 Å². The molecule has 296 valence electrons. The Bertz CT molecular complexity index is 2650. The van der Waals surface area contributed by atoms with E-state index in [4.69, 9.17) is 0 Å². The van der Waals surface area contributed by atoms with Crippen molar-refractivity contribution >= 4 is 121 Å². The number of halogens is 2. The fraction of sp³-hybridized carbons (Fsp3) is 0.333. The van der Waals surface area contributed by atoms with Crippen LogP contribution in [-0.2, 0) is 0 Å². The Morgan fingerprint density at radius 1 is 0.483 bits per heavy atom. The van der Waals surface area contributed by atoms with E-state index in [2.05, 4.69) is 71.7 Å². The number of hydrogen-bond acceptors (Lipinski definition) is 6. The van der Waals surface area contributed by atoms with Gasteiger partial charge in [-0.3, -0.25) is 29.0 Å². The van der Waals surface area contributed by atoms with Gasteiger partial charge in [-0.2, -0.15) is 0 Å². The second kappa shape index (κ2) is 15.6. The molecule has 2 aliphatic heterocycles. The highest BCUT2D eigenvalue weighted by Crippen LogP contribution is 2.53. The van der Waals surface area contributed by atoms with Crippen LogP contribution in [0.5, 0.6) is 0 Å². The normalized spacial score (nSPS) is 15.3. The van der Waals surface area contributed by atoms with Crippen molar-refractivity contribution in [1.82, 2.24) is 9.80 Å². The predicted octanol–water partition coefficient (Wildman–Crippen LogP) is 14.3. The zero-order valence-corrected chi connectivity index (χ0v) is 37.9. The first-order chi connectivity index (χ1) is 28.1. The lowest BCUT2D eigenvalue weighted by Crippen LogP contribution is -2.43. The van der Waals surface area contributed by atoms with Crippen LogP contribution in [0, 0.1) is 11.8 Å². The van der Waals surface area contributed by atoms with Crippen molar-refractivity contribution < 1.29 is 19.2 Å². The average molecular weight is 937 g/mol. The molecule has 2 aliphatic rings. The topological polar surface area (TPSA) is 74.8 Å². The lowest BCUT2D eigenvalue weighted by Gasteiger charge is -2.33. The van der Waals surface area contributed by atoms with Gasteiger partial charge in [-0.25, -0.2) is 0 Å². The molecule has 0 saturated carbocycles. The predicted molar refractivity (Wildman–Crippen MR) is 247 cm³/mol. The maximum atomic E-state index is 14.8. The van der Waals surface area contributed by atoms with E-state index in [0.29, 0.717) is 46.1 Å². The van der Waals surface area contributed by atoms with Crippen molar-refractivity contribution in [2.45, 2.75) is 79.1 Å². The highest BCUT2D eigenvalue weighted by atomic mass is 79.9. The maximum Gasteiger partial charge on any atom is 0.261 e.